The summed E-state index contributed by atoms with van der Waals surface area (Å²) in [6.45, 7) is 11.1. The molecule has 0 spiro atoms. The first-order valence-electron chi connectivity index (χ1n) is 8.61. The molecule has 0 bridgehead atoms. The Labute approximate surface area is 147 Å². The van der Waals surface area contributed by atoms with Crippen LogP contribution in [0.2, 0.25) is 0 Å². The average Bonchev–Trinajstić information content (AvgIpc) is 2.53. The normalized spacial score (nSPS) is 12.8. The Balaban J connectivity index is 2.35. The second kappa shape index (κ2) is 11.3. The number of thioether (sulfide) groups is 1. The van der Waals surface area contributed by atoms with E-state index in [4.69, 9.17) is 0 Å². The number of allylic oxidation sites excluding steroid dienone is 6. The van der Waals surface area contributed by atoms with Crippen LogP contribution in [-0.4, -0.2) is 0 Å². The molecule has 0 aliphatic heterocycles. The van der Waals surface area contributed by atoms with Gasteiger partial charge in [-0.3, -0.25) is 0 Å². The van der Waals surface area contributed by atoms with Gasteiger partial charge in [0.1, 0.15) is 0 Å². The van der Waals surface area contributed by atoms with E-state index in [-0.39, 0.29) is 0 Å². The van der Waals surface area contributed by atoms with Crippen molar-refractivity contribution in [2.75, 3.05) is 0 Å². The summed E-state index contributed by atoms with van der Waals surface area (Å²) in [6, 6.07) is 10.7. The average molecular weight is 329 g/mol. The zero-order chi connectivity index (χ0) is 17.1. The Hall–Kier alpha value is -1.21. The number of hydrogen-bond acceptors (Lipinski definition) is 1. The van der Waals surface area contributed by atoms with Gasteiger partial charge in [0.25, 0.3) is 0 Å². The molecule has 23 heavy (non-hydrogen) atoms. The molecular formula is C22H32S. The van der Waals surface area contributed by atoms with Crippen LogP contribution in [0, 0.1) is 0 Å². The fourth-order valence-corrected chi connectivity index (χ4v) is 3.21. The monoisotopic (exact) mass is 328 g/mol. The molecule has 0 saturated heterocycles. The van der Waals surface area contributed by atoms with Crippen LogP contribution in [0.5, 0.6) is 0 Å². The van der Waals surface area contributed by atoms with Gasteiger partial charge < -0.3 is 0 Å². The molecule has 0 aliphatic carbocycles. The first kappa shape index (κ1) is 19.8. The van der Waals surface area contributed by atoms with Crippen LogP contribution in [0.15, 0.2) is 64.1 Å². The molecule has 1 aromatic rings. The van der Waals surface area contributed by atoms with Gasteiger partial charge >= 0.3 is 0 Å². The van der Waals surface area contributed by atoms with Crippen molar-refractivity contribution in [2.45, 2.75) is 66.1 Å². The van der Waals surface area contributed by atoms with Gasteiger partial charge in [0.05, 0.1) is 0 Å². The van der Waals surface area contributed by atoms with Gasteiger partial charge in [-0.1, -0.05) is 59.2 Å². The van der Waals surface area contributed by atoms with Crippen molar-refractivity contribution in [1.29, 1.82) is 0 Å². The first-order valence-corrected chi connectivity index (χ1v) is 9.59. The highest BCUT2D eigenvalue weighted by Gasteiger charge is 1.99. The Bertz CT molecular complexity index is 543. The molecule has 0 unspecified atom stereocenters. The summed E-state index contributed by atoms with van der Waals surface area (Å²) < 4.78 is 0. The molecule has 0 nitrogen and oxygen atoms in total. The summed E-state index contributed by atoms with van der Waals surface area (Å²) in [5.41, 5.74) is 5.87. The molecule has 1 aromatic carbocycles. The third-order valence-electron chi connectivity index (χ3n) is 4.00. The summed E-state index contributed by atoms with van der Waals surface area (Å²) in [7, 11) is 0. The molecule has 0 fully saturated rings. The van der Waals surface area contributed by atoms with Crippen molar-refractivity contribution in [2.24, 2.45) is 0 Å². The Morgan fingerprint density at radius 3 is 2.17 bits per heavy atom. The number of hydrogen-bond donors (Lipinski definition) is 0. The van der Waals surface area contributed by atoms with Crippen LogP contribution in [0.3, 0.4) is 0 Å². The zero-order valence-electron chi connectivity index (χ0n) is 15.5. The molecule has 0 aromatic heterocycles. The summed E-state index contributed by atoms with van der Waals surface area (Å²) in [4.78, 5) is 1.48. The molecule has 1 heteroatoms. The van der Waals surface area contributed by atoms with Crippen molar-refractivity contribution < 1.29 is 0 Å². The molecule has 0 saturated carbocycles. The summed E-state index contributed by atoms with van der Waals surface area (Å²) in [5, 5.41) is 0. The van der Waals surface area contributed by atoms with E-state index in [1.807, 2.05) is 11.8 Å². The van der Waals surface area contributed by atoms with Gasteiger partial charge in [-0.15, -0.1) is 11.8 Å². The topological polar surface area (TPSA) is 0 Å². The van der Waals surface area contributed by atoms with Crippen LogP contribution in [-0.2, 0) is 5.75 Å². The Kier molecular flexibility index (Phi) is 9.78. The molecule has 0 radical (unpaired) electrons. The maximum Gasteiger partial charge on any atom is 0.0228 e. The maximum atomic E-state index is 2.41. The SMILES string of the molecule is CC(C)=CCCC(C)=CCCC(C)=C(C)SCc1ccccc1. The molecule has 0 amide bonds. The second-order valence-electron chi connectivity index (χ2n) is 6.52. The standard InChI is InChI=1S/C22H32S/c1-18(2)11-9-12-19(3)13-10-14-20(4)21(5)23-17-22-15-7-6-8-16-22/h6-8,11,13,15-16H,9-10,12,14,17H2,1-5H3. The Morgan fingerprint density at radius 1 is 0.870 bits per heavy atom. The van der Waals surface area contributed by atoms with Crippen molar-refractivity contribution >= 4 is 11.8 Å². The van der Waals surface area contributed by atoms with E-state index in [2.05, 4.69) is 77.1 Å². The minimum Gasteiger partial charge on any atom is -0.126 e. The van der Waals surface area contributed by atoms with Gasteiger partial charge in [0, 0.05) is 5.75 Å². The molecule has 1 rings (SSSR count). The lowest BCUT2D eigenvalue weighted by Crippen LogP contribution is -1.85. The highest BCUT2D eigenvalue weighted by Crippen LogP contribution is 2.26. The predicted molar refractivity (Wildman–Crippen MR) is 108 cm³/mol. The van der Waals surface area contributed by atoms with Crippen LogP contribution < -0.4 is 0 Å². The van der Waals surface area contributed by atoms with Gasteiger partial charge in [0.15, 0.2) is 0 Å². The minimum absolute atomic E-state index is 1.07. The van der Waals surface area contributed by atoms with E-state index in [1.54, 1.807) is 0 Å². The number of rotatable bonds is 9. The lowest BCUT2D eigenvalue weighted by molar-refractivity contribution is 0.916. The van der Waals surface area contributed by atoms with E-state index < -0.39 is 0 Å². The zero-order valence-corrected chi connectivity index (χ0v) is 16.3. The van der Waals surface area contributed by atoms with Gasteiger partial charge in [-0.2, -0.15) is 0 Å². The van der Waals surface area contributed by atoms with Crippen molar-refractivity contribution in [3.8, 4) is 0 Å². The summed E-state index contributed by atoms with van der Waals surface area (Å²) >= 11 is 1.96. The largest absolute Gasteiger partial charge is 0.126 e. The summed E-state index contributed by atoms with van der Waals surface area (Å²) in [5.74, 6) is 1.07. The fourth-order valence-electron chi connectivity index (χ4n) is 2.29. The smallest absolute Gasteiger partial charge is 0.0228 e. The third kappa shape index (κ3) is 9.50. The molecule has 0 N–H and O–H groups in total. The molecule has 0 atom stereocenters. The van der Waals surface area contributed by atoms with E-state index in [9.17, 15) is 0 Å². The van der Waals surface area contributed by atoms with Crippen LogP contribution in [0.1, 0.15) is 65.9 Å². The summed E-state index contributed by atoms with van der Waals surface area (Å²) in [6.07, 6.45) is 9.44. The van der Waals surface area contributed by atoms with E-state index in [0.717, 1.165) is 12.2 Å². The van der Waals surface area contributed by atoms with Gasteiger partial charge in [-0.05, 0) is 70.8 Å². The van der Waals surface area contributed by atoms with Gasteiger partial charge in [-0.25, -0.2) is 0 Å². The van der Waals surface area contributed by atoms with E-state index in [1.165, 1.54) is 46.5 Å². The fraction of sp³-hybridized carbons (Fsp3) is 0.455. The van der Waals surface area contributed by atoms with Crippen LogP contribution in [0.25, 0.3) is 0 Å². The molecule has 0 heterocycles. The lowest BCUT2D eigenvalue weighted by Gasteiger charge is -2.07. The van der Waals surface area contributed by atoms with Crippen molar-refractivity contribution in [1.82, 2.24) is 0 Å². The third-order valence-corrected chi connectivity index (χ3v) is 5.26. The van der Waals surface area contributed by atoms with Crippen LogP contribution in [0.4, 0.5) is 0 Å². The van der Waals surface area contributed by atoms with Crippen molar-refractivity contribution in [3.05, 3.63) is 69.7 Å². The predicted octanol–water partition coefficient (Wildman–Crippen LogP) is 7.69. The maximum absolute atomic E-state index is 2.41. The lowest BCUT2D eigenvalue weighted by atomic mass is 10.1. The highest BCUT2D eigenvalue weighted by molar-refractivity contribution is 8.02. The molecule has 0 aliphatic rings. The van der Waals surface area contributed by atoms with E-state index >= 15 is 0 Å². The molecular weight excluding hydrogens is 296 g/mol. The van der Waals surface area contributed by atoms with Crippen LogP contribution >= 0.6 is 11.8 Å². The molecule has 126 valence electrons. The second-order valence-corrected chi connectivity index (χ2v) is 7.71. The quantitative estimate of drug-likeness (QED) is 0.419. The van der Waals surface area contributed by atoms with Crippen molar-refractivity contribution in [3.63, 3.8) is 0 Å². The first-order chi connectivity index (χ1) is 11.0. The minimum atomic E-state index is 1.07. The highest BCUT2D eigenvalue weighted by atomic mass is 32.2. The number of benzene rings is 1. The van der Waals surface area contributed by atoms with Gasteiger partial charge in [0.2, 0.25) is 0 Å². The van der Waals surface area contributed by atoms with E-state index in [0.29, 0.717) is 0 Å². The Morgan fingerprint density at radius 2 is 1.52 bits per heavy atom.